The topological polar surface area (TPSA) is 502 Å². The molecule has 88 heavy (non-hydrogen) atoms. The number of hydrogen-bond acceptors (Lipinski definition) is 30. The Morgan fingerprint density at radius 2 is 1.05 bits per heavy atom. The molecule has 0 bridgehead atoms. The van der Waals surface area contributed by atoms with Crippen LogP contribution in [0.3, 0.4) is 0 Å². The Bertz CT molecular complexity index is 3300. The van der Waals surface area contributed by atoms with Gasteiger partial charge >= 0.3 is 23.3 Å². The summed E-state index contributed by atoms with van der Waals surface area (Å²) < 4.78 is 62.6. The number of carbonyl (C=O) groups is 2. The fourth-order valence-electron chi connectivity index (χ4n) is 9.66. The Morgan fingerprint density at radius 1 is 0.511 bits per heavy atom. The molecule has 18 N–H and O–H groups in total. The van der Waals surface area contributed by atoms with E-state index in [9.17, 15) is 102 Å². The van der Waals surface area contributed by atoms with Gasteiger partial charge in [-0.3, -0.25) is 0 Å². The maximum Gasteiger partial charge on any atom is 0.402 e. The second-order valence-corrected chi connectivity index (χ2v) is 20.8. The van der Waals surface area contributed by atoms with Crippen molar-refractivity contribution < 1.29 is 153 Å². The minimum absolute atomic E-state index is 0.0875. The van der Waals surface area contributed by atoms with Gasteiger partial charge in [0.1, 0.15) is 115 Å². The number of aliphatic hydroxyl groups is 12. The number of benzene rings is 4. The molecule has 0 spiro atoms. The van der Waals surface area contributed by atoms with Crippen LogP contribution in [0.1, 0.15) is 18.1 Å². The number of carbonyl (C=O) groups excluding carboxylic acids is 2. The molecule has 0 unspecified atom stereocenters. The van der Waals surface area contributed by atoms with Crippen molar-refractivity contribution in [1.82, 2.24) is 0 Å². The maximum atomic E-state index is 13.1. The van der Waals surface area contributed by atoms with E-state index in [-0.39, 0.29) is 33.8 Å². The van der Waals surface area contributed by atoms with Crippen molar-refractivity contribution in [2.75, 3.05) is 19.8 Å². The summed E-state index contributed by atoms with van der Waals surface area (Å²) in [7, 11) is 0. The standard InChI is InChI=1S/C57H62O31/c1-21-52(88-39(65)11-5-22-2-7-26(8-3-22)81-55-48(74)45(71)42(68)36(86-55)19-78-38(64)10-6-23-4-9-28(60)29(61)12-23)47(73)51(77)54(80-21)79-20-37-43(69)46(72)50(76)57(87-37)84-34-17-27-32(82-53(34)24-13-30(62)40(66)31(63)14-24)15-25(59)16-33(27)83-56-49(75)44(70)41(67)35(18-58)85-56/h2-17,21,35-37,41-52,54-58,67-77H,18-20H2,1H3,(H5-,59,60,61,62,63,64,66)/p+1/b11-5+/t21-,35-,36+,37+,41+,42+,43+,44-,45-,46-,47+,48+,49+,50+,51-,52-,54+,55+,56+,57+/m0/s1. The van der Waals surface area contributed by atoms with Crippen LogP contribution in [0.25, 0.3) is 34.4 Å². The van der Waals surface area contributed by atoms with Gasteiger partial charge in [0.25, 0.3) is 0 Å². The Hall–Kier alpha value is -7.77. The molecule has 4 aromatic carbocycles. The third-order valence-electron chi connectivity index (χ3n) is 14.6. The van der Waals surface area contributed by atoms with Crippen molar-refractivity contribution >= 4 is 35.1 Å². The molecule has 9 rings (SSSR count). The summed E-state index contributed by atoms with van der Waals surface area (Å²) in [5, 5.41) is 189. The van der Waals surface area contributed by atoms with E-state index in [1.165, 1.54) is 61.5 Å². The lowest BCUT2D eigenvalue weighted by atomic mass is 9.98. The quantitative estimate of drug-likeness (QED) is 0.0187. The first-order chi connectivity index (χ1) is 41.8. The van der Waals surface area contributed by atoms with Gasteiger partial charge in [-0.05, 0) is 54.5 Å². The number of rotatable bonds is 18. The molecule has 5 heterocycles. The molecule has 4 saturated heterocycles. The minimum Gasteiger partial charge on any atom is -0.507 e. The molecule has 5 aromatic rings. The summed E-state index contributed by atoms with van der Waals surface area (Å²) in [6, 6.07) is 14.6. The summed E-state index contributed by atoms with van der Waals surface area (Å²) in [6.07, 6.45) is -30.3. The van der Waals surface area contributed by atoms with Gasteiger partial charge in [-0.2, -0.15) is 0 Å². The van der Waals surface area contributed by atoms with E-state index in [0.717, 1.165) is 42.5 Å². The van der Waals surface area contributed by atoms with Gasteiger partial charge in [0.05, 0.1) is 30.9 Å². The molecule has 1 aromatic heterocycles. The van der Waals surface area contributed by atoms with Gasteiger partial charge in [0.15, 0.2) is 41.1 Å². The molecule has 4 fully saturated rings. The highest BCUT2D eigenvalue weighted by molar-refractivity contribution is 5.90. The monoisotopic (exact) mass is 1240 g/mol. The molecule has 0 saturated carbocycles. The van der Waals surface area contributed by atoms with Crippen LogP contribution in [0.2, 0.25) is 0 Å². The number of aliphatic hydroxyl groups excluding tert-OH is 12. The Morgan fingerprint density at radius 3 is 1.66 bits per heavy atom. The summed E-state index contributed by atoms with van der Waals surface area (Å²) >= 11 is 0. The van der Waals surface area contributed by atoms with Crippen molar-refractivity contribution in [2.24, 2.45) is 0 Å². The van der Waals surface area contributed by atoms with E-state index in [0.29, 0.717) is 11.1 Å². The zero-order valence-electron chi connectivity index (χ0n) is 45.8. The highest BCUT2D eigenvalue weighted by Gasteiger charge is 2.51. The highest BCUT2D eigenvalue weighted by atomic mass is 16.7. The van der Waals surface area contributed by atoms with Crippen molar-refractivity contribution in [3.63, 3.8) is 0 Å². The molecule has 31 nitrogen and oxygen atoms in total. The normalized spacial score (nSPS) is 32.6. The van der Waals surface area contributed by atoms with Crippen LogP contribution in [-0.2, 0) is 42.7 Å². The molecule has 0 amide bonds. The average molecular weight is 1240 g/mol. The van der Waals surface area contributed by atoms with Crippen LogP contribution in [0, 0.1) is 0 Å². The smallest absolute Gasteiger partial charge is 0.402 e. The zero-order chi connectivity index (χ0) is 63.6. The number of hydrogen-bond donors (Lipinski definition) is 18. The molecular weight excluding hydrogens is 1180 g/mol. The predicted molar refractivity (Wildman–Crippen MR) is 289 cm³/mol. The van der Waals surface area contributed by atoms with E-state index in [1.807, 2.05) is 0 Å². The lowest BCUT2D eigenvalue weighted by Crippen LogP contribution is -2.62. The van der Waals surface area contributed by atoms with Gasteiger partial charge in [-0.1, -0.05) is 18.2 Å². The molecule has 0 radical (unpaired) electrons. The van der Waals surface area contributed by atoms with E-state index in [4.69, 9.17) is 51.8 Å². The van der Waals surface area contributed by atoms with Crippen LogP contribution in [-0.4, -0.2) is 247 Å². The number of phenolic OH excluding ortho intramolecular Hbond substituents is 6. The Balaban J connectivity index is 0.812. The molecular formula is C57H63O31+. The number of aromatic hydroxyl groups is 6. The lowest BCUT2D eigenvalue weighted by Gasteiger charge is -2.42. The summed E-state index contributed by atoms with van der Waals surface area (Å²) in [4.78, 5) is 25.4. The first kappa shape index (κ1) is 64.7. The van der Waals surface area contributed by atoms with Gasteiger partial charge in [-0.15, -0.1) is 0 Å². The summed E-state index contributed by atoms with van der Waals surface area (Å²) in [5.41, 5.74) is 0.285. The third kappa shape index (κ3) is 14.2. The van der Waals surface area contributed by atoms with Gasteiger partial charge in [0, 0.05) is 36.4 Å². The van der Waals surface area contributed by atoms with Crippen molar-refractivity contribution in [2.45, 2.75) is 130 Å². The molecule has 20 atom stereocenters. The average Bonchev–Trinajstić information content (AvgIpc) is 1.11. The van der Waals surface area contributed by atoms with Crippen LogP contribution in [0.4, 0.5) is 0 Å². The molecule has 0 aliphatic carbocycles. The number of fused-ring (bicyclic) bond motifs is 1. The number of ether oxygens (including phenoxy) is 10. The maximum absolute atomic E-state index is 13.1. The second kappa shape index (κ2) is 27.3. The first-order valence-electron chi connectivity index (χ1n) is 26.9. The van der Waals surface area contributed by atoms with Crippen molar-refractivity contribution in [1.29, 1.82) is 0 Å². The van der Waals surface area contributed by atoms with Gasteiger partial charge in [0.2, 0.25) is 24.6 Å². The van der Waals surface area contributed by atoms with Crippen LogP contribution in [0.15, 0.2) is 89.4 Å². The van der Waals surface area contributed by atoms with Crippen molar-refractivity contribution in [3.8, 4) is 63.1 Å². The Labute approximate surface area is 495 Å². The molecule has 476 valence electrons. The lowest BCUT2D eigenvalue weighted by molar-refractivity contribution is -0.319. The molecule has 4 aliphatic rings. The third-order valence-corrected chi connectivity index (χ3v) is 14.6. The molecule has 31 heteroatoms. The molecule has 4 aliphatic heterocycles. The largest absolute Gasteiger partial charge is 0.507 e. The van der Waals surface area contributed by atoms with Gasteiger partial charge < -0.3 is 139 Å². The fraction of sp³-hybridized carbons (Fsp3) is 0.421. The summed E-state index contributed by atoms with van der Waals surface area (Å²) in [5.74, 6) is -6.99. The van der Waals surface area contributed by atoms with Gasteiger partial charge in [-0.25, -0.2) is 14.0 Å². The number of phenols is 6. The highest BCUT2D eigenvalue weighted by Crippen LogP contribution is 2.46. The Kier molecular flexibility index (Phi) is 20.1. The predicted octanol–water partition coefficient (Wildman–Crippen LogP) is -2.47. The van der Waals surface area contributed by atoms with Crippen LogP contribution in [0.5, 0.6) is 51.7 Å². The van der Waals surface area contributed by atoms with Crippen LogP contribution >= 0.6 is 0 Å². The number of esters is 2. The zero-order valence-corrected chi connectivity index (χ0v) is 45.8. The SMILES string of the molecule is C[C@@H]1O[C@@H](OC[C@H]2O[C@@H](Oc3cc4c(O[C@@H]5O[C@@H](CO)[C@@H](O)[C@H](O)[C@H]5O)cc(O)cc4[o+]c3-c3cc(O)c(O)c(O)c3)[C@H](O)[C@@H](O)[C@@H]2O)[C@@H](O)[C@@H](O)[C@H]1OC(=O)/C=C/c1ccc(O[C@@H]2O[C@H](COC(=O)C=Cc3ccc(O)c(O)c3)[C@@H](O)[C@H](O)[C@H]2O)cc1. The van der Waals surface area contributed by atoms with E-state index in [2.05, 4.69) is 0 Å². The minimum atomic E-state index is -2.09. The van der Waals surface area contributed by atoms with E-state index < -0.39 is 195 Å². The first-order valence-corrected chi connectivity index (χ1v) is 26.9. The summed E-state index contributed by atoms with van der Waals surface area (Å²) in [6.45, 7) is -0.785. The van der Waals surface area contributed by atoms with Crippen molar-refractivity contribution in [3.05, 3.63) is 96.1 Å². The fourth-order valence-corrected chi connectivity index (χ4v) is 9.66. The van der Waals surface area contributed by atoms with E-state index in [1.54, 1.807) is 0 Å². The second-order valence-electron chi connectivity index (χ2n) is 20.8. The van der Waals surface area contributed by atoms with E-state index >= 15 is 0 Å². The van der Waals surface area contributed by atoms with Crippen LogP contribution < -0.4 is 14.2 Å².